The van der Waals surface area contributed by atoms with E-state index in [1.54, 1.807) is 0 Å². The van der Waals surface area contributed by atoms with Gasteiger partial charge in [0.05, 0.1) is 22.4 Å². The Balaban J connectivity index is 1.41. The van der Waals surface area contributed by atoms with Gasteiger partial charge in [-0.1, -0.05) is 65.9 Å². The monoisotopic (exact) mass is 479 g/mol. The number of aromatic nitrogens is 1. The number of rotatable bonds is 7. The minimum atomic E-state index is -3.90. The zero-order chi connectivity index (χ0) is 23.4. The van der Waals surface area contributed by atoms with Crippen LogP contribution in [0.1, 0.15) is 5.56 Å². The van der Waals surface area contributed by atoms with Gasteiger partial charge in [-0.2, -0.15) is 0 Å². The molecule has 0 unspecified atom stereocenters. The predicted octanol–water partition coefficient (Wildman–Crippen LogP) is 4.73. The average Bonchev–Trinajstić information content (AvgIpc) is 3.29. The maximum Gasteiger partial charge on any atom is 0.269 e. The summed E-state index contributed by atoms with van der Waals surface area (Å²) in [6, 6.07) is 22.1. The summed E-state index contributed by atoms with van der Waals surface area (Å²) in [5.41, 5.74) is 2.73. The number of nitrogens with one attached hydrogen (secondary N) is 1. The molecule has 1 amide bonds. The largest absolute Gasteiger partial charge is 0.302 e. The Morgan fingerprint density at radius 2 is 1.58 bits per heavy atom. The van der Waals surface area contributed by atoms with Gasteiger partial charge in [-0.15, -0.1) is 0 Å². The molecule has 4 rings (SSSR count). The van der Waals surface area contributed by atoms with Gasteiger partial charge in [-0.3, -0.25) is 14.9 Å². The van der Waals surface area contributed by atoms with Crippen LogP contribution >= 0.6 is 11.3 Å². The summed E-state index contributed by atoms with van der Waals surface area (Å²) >= 11 is 0.819. The van der Waals surface area contributed by atoms with Crippen LogP contribution in [0.25, 0.3) is 11.1 Å². The van der Waals surface area contributed by atoms with E-state index in [0.29, 0.717) is 0 Å². The summed E-state index contributed by atoms with van der Waals surface area (Å²) in [7, 11) is -3.90. The van der Waals surface area contributed by atoms with E-state index < -0.39 is 14.8 Å². The van der Waals surface area contributed by atoms with Gasteiger partial charge in [0, 0.05) is 12.1 Å². The number of hydrogen-bond donors (Lipinski definition) is 1. The quantitative estimate of drug-likeness (QED) is 0.302. The van der Waals surface area contributed by atoms with Crippen molar-refractivity contribution in [3.8, 4) is 11.1 Å². The lowest BCUT2D eigenvalue weighted by atomic mass is 10.0. The zero-order valence-electron chi connectivity index (χ0n) is 17.0. The Morgan fingerprint density at radius 1 is 0.939 bits per heavy atom. The molecule has 0 atom stereocenters. The molecule has 0 fully saturated rings. The standard InChI is InChI=1S/C23H17N3O5S2/c27-21(14-16-6-8-18(9-7-16)17-4-2-1-3-5-17)25-23-24-15-22(32-23)33(30,31)20-12-10-19(11-13-20)26(28)29/h1-13,15H,14H2,(H,24,25,27). The van der Waals surface area contributed by atoms with Crippen LogP contribution in [-0.4, -0.2) is 24.2 Å². The molecule has 0 saturated heterocycles. The van der Waals surface area contributed by atoms with Crippen LogP contribution in [0.2, 0.25) is 0 Å². The molecule has 4 aromatic rings. The molecule has 0 spiro atoms. The number of nitrogens with zero attached hydrogens (tertiary/aromatic N) is 2. The molecule has 1 N–H and O–H groups in total. The van der Waals surface area contributed by atoms with Gasteiger partial charge in [0.25, 0.3) is 5.69 Å². The molecule has 1 heterocycles. The third kappa shape index (κ3) is 5.13. The van der Waals surface area contributed by atoms with Crippen molar-refractivity contribution in [3.63, 3.8) is 0 Å². The highest BCUT2D eigenvalue weighted by Gasteiger charge is 2.22. The Bertz CT molecular complexity index is 1400. The second-order valence-corrected chi connectivity index (χ2v) is 10.2. The van der Waals surface area contributed by atoms with Crippen molar-refractivity contribution in [2.24, 2.45) is 0 Å². The number of non-ortho nitro benzene ring substituents is 1. The van der Waals surface area contributed by atoms with E-state index in [-0.39, 0.29) is 32.3 Å². The Labute approximate surface area is 193 Å². The maximum atomic E-state index is 12.7. The molecule has 0 bridgehead atoms. The average molecular weight is 480 g/mol. The van der Waals surface area contributed by atoms with E-state index in [2.05, 4.69) is 10.3 Å². The summed E-state index contributed by atoms with van der Waals surface area (Å²) in [5.74, 6) is -0.323. The Kier molecular flexibility index (Phi) is 6.29. The molecule has 8 nitrogen and oxygen atoms in total. The summed E-state index contributed by atoms with van der Waals surface area (Å²) in [4.78, 5) is 26.5. The van der Waals surface area contributed by atoms with Crippen LogP contribution < -0.4 is 5.32 Å². The lowest BCUT2D eigenvalue weighted by Crippen LogP contribution is -2.14. The zero-order valence-corrected chi connectivity index (χ0v) is 18.7. The lowest BCUT2D eigenvalue weighted by molar-refractivity contribution is -0.384. The van der Waals surface area contributed by atoms with Crippen LogP contribution in [0.5, 0.6) is 0 Å². The third-order valence-corrected chi connectivity index (χ3v) is 7.92. The number of benzene rings is 3. The van der Waals surface area contributed by atoms with Crippen LogP contribution in [0.4, 0.5) is 10.8 Å². The number of hydrogen-bond acceptors (Lipinski definition) is 7. The van der Waals surface area contributed by atoms with Crippen molar-refractivity contribution in [3.05, 3.63) is 101 Å². The second-order valence-electron chi connectivity index (χ2n) is 7.03. The second kappa shape index (κ2) is 9.31. The van der Waals surface area contributed by atoms with Gasteiger partial charge in [0.2, 0.25) is 15.7 Å². The first-order valence-corrected chi connectivity index (χ1v) is 12.0. The SMILES string of the molecule is O=C(Cc1ccc(-c2ccccc2)cc1)Nc1ncc(S(=O)(=O)c2ccc([N+](=O)[O-])cc2)s1. The van der Waals surface area contributed by atoms with E-state index in [1.807, 2.05) is 54.6 Å². The first-order chi connectivity index (χ1) is 15.8. The van der Waals surface area contributed by atoms with Crippen LogP contribution in [0.3, 0.4) is 0 Å². The summed E-state index contributed by atoms with van der Waals surface area (Å²) in [6.45, 7) is 0. The third-order valence-electron chi connectivity index (χ3n) is 4.78. The van der Waals surface area contributed by atoms with E-state index in [1.165, 1.54) is 12.1 Å². The van der Waals surface area contributed by atoms with Gasteiger partial charge in [-0.05, 0) is 28.8 Å². The number of thiazole rings is 1. The van der Waals surface area contributed by atoms with Gasteiger partial charge in [0.15, 0.2) is 5.13 Å². The predicted molar refractivity (Wildman–Crippen MR) is 125 cm³/mol. The molecule has 3 aromatic carbocycles. The number of anilines is 1. The molecular weight excluding hydrogens is 462 g/mol. The molecule has 0 saturated carbocycles. The molecular formula is C23H17N3O5S2. The molecule has 0 aliphatic rings. The minimum absolute atomic E-state index is 0.0705. The van der Waals surface area contributed by atoms with Crippen LogP contribution in [0, 0.1) is 10.1 Å². The van der Waals surface area contributed by atoms with Crippen molar-refractivity contribution >= 4 is 37.9 Å². The summed E-state index contributed by atoms with van der Waals surface area (Å²) in [6.07, 6.45) is 1.27. The number of carbonyl (C=O) groups is 1. The summed E-state index contributed by atoms with van der Waals surface area (Å²) in [5, 5.41) is 13.5. The summed E-state index contributed by atoms with van der Waals surface area (Å²) < 4.78 is 25.4. The maximum absolute atomic E-state index is 12.7. The van der Waals surface area contributed by atoms with Gasteiger partial charge >= 0.3 is 0 Å². The molecule has 0 aliphatic heterocycles. The van der Waals surface area contributed by atoms with Gasteiger partial charge in [-0.25, -0.2) is 13.4 Å². The van der Waals surface area contributed by atoms with Gasteiger partial charge in [0.1, 0.15) is 4.21 Å². The number of nitro groups is 1. The fourth-order valence-electron chi connectivity index (χ4n) is 3.10. The fourth-order valence-corrected chi connectivity index (χ4v) is 5.55. The molecule has 10 heteroatoms. The normalized spacial score (nSPS) is 11.2. The highest BCUT2D eigenvalue weighted by molar-refractivity contribution is 7.93. The first-order valence-electron chi connectivity index (χ1n) is 9.72. The van der Waals surface area contributed by atoms with Crippen molar-refractivity contribution in [1.29, 1.82) is 0 Å². The molecule has 0 radical (unpaired) electrons. The van der Waals surface area contributed by atoms with Crippen molar-refractivity contribution in [1.82, 2.24) is 4.98 Å². The molecule has 33 heavy (non-hydrogen) atoms. The Morgan fingerprint density at radius 3 is 2.21 bits per heavy atom. The highest BCUT2D eigenvalue weighted by Crippen LogP contribution is 2.29. The first kappa shape index (κ1) is 22.3. The molecule has 0 aliphatic carbocycles. The Hall–Kier alpha value is -3.89. The van der Waals surface area contributed by atoms with Crippen molar-refractivity contribution in [2.75, 3.05) is 5.32 Å². The van der Waals surface area contributed by atoms with Crippen molar-refractivity contribution in [2.45, 2.75) is 15.5 Å². The minimum Gasteiger partial charge on any atom is -0.302 e. The highest BCUT2D eigenvalue weighted by atomic mass is 32.2. The van der Waals surface area contributed by atoms with Crippen LogP contribution in [-0.2, 0) is 21.1 Å². The van der Waals surface area contributed by atoms with E-state index >= 15 is 0 Å². The van der Waals surface area contributed by atoms with Gasteiger partial charge < -0.3 is 5.32 Å². The van der Waals surface area contributed by atoms with Crippen molar-refractivity contribution < 1.29 is 18.1 Å². The number of carbonyl (C=O) groups excluding carboxylic acids is 1. The lowest BCUT2D eigenvalue weighted by Gasteiger charge is -2.05. The molecule has 166 valence electrons. The van der Waals surface area contributed by atoms with Crippen LogP contribution in [0.15, 0.2) is 94.2 Å². The molecule has 1 aromatic heterocycles. The topological polar surface area (TPSA) is 119 Å². The van der Waals surface area contributed by atoms with E-state index in [4.69, 9.17) is 0 Å². The smallest absolute Gasteiger partial charge is 0.269 e. The number of amides is 1. The number of nitro benzene ring substituents is 1. The number of sulfone groups is 1. The fraction of sp³-hybridized carbons (Fsp3) is 0.0435. The van der Waals surface area contributed by atoms with E-state index in [9.17, 15) is 23.3 Å². The van der Waals surface area contributed by atoms with E-state index in [0.717, 1.165) is 46.4 Å².